The Labute approximate surface area is 184 Å². The predicted octanol–water partition coefficient (Wildman–Crippen LogP) is 4.43. The summed E-state index contributed by atoms with van der Waals surface area (Å²) in [4.78, 5) is 33.0. The first kappa shape index (κ1) is 19.7. The topological polar surface area (TPSA) is 97.6 Å². The quantitative estimate of drug-likeness (QED) is 0.474. The Hall–Kier alpha value is -4.20. The Bertz CT molecular complexity index is 1310. The molecule has 3 heterocycles. The lowest BCUT2D eigenvalue weighted by Crippen LogP contribution is -2.13. The molecule has 3 aromatic heterocycles. The molecule has 1 aliphatic carbocycles. The molecule has 160 valence electrons. The number of pyridine rings is 2. The van der Waals surface area contributed by atoms with Crippen LogP contribution in [0.5, 0.6) is 11.5 Å². The number of rotatable bonds is 6. The van der Waals surface area contributed by atoms with E-state index in [9.17, 15) is 9.59 Å². The molecule has 0 spiro atoms. The number of carbonyl (C=O) groups is 2. The number of benzene rings is 1. The molecule has 2 amide bonds. The highest BCUT2D eigenvalue weighted by molar-refractivity contribution is 6.04. The second kappa shape index (κ2) is 8.14. The van der Waals surface area contributed by atoms with Gasteiger partial charge in [-0.2, -0.15) is 0 Å². The third-order valence-corrected chi connectivity index (χ3v) is 5.12. The molecule has 2 N–H and O–H groups in total. The van der Waals surface area contributed by atoms with Crippen molar-refractivity contribution in [3.63, 3.8) is 0 Å². The number of amides is 2. The normalized spacial score (nSPS) is 13.0. The third kappa shape index (κ3) is 4.44. The summed E-state index contributed by atoms with van der Waals surface area (Å²) in [6.07, 6.45) is 6.98. The molecule has 0 radical (unpaired) electrons. The third-order valence-electron chi connectivity index (χ3n) is 5.12. The highest BCUT2D eigenvalue weighted by Gasteiger charge is 2.30. The van der Waals surface area contributed by atoms with E-state index in [1.54, 1.807) is 59.4 Å². The molecule has 1 aromatic carbocycles. The molecule has 0 bridgehead atoms. The summed E-state index contributed by atoms with van der Waals surface area (Å²) in [6, 6.07) is 14.3. The summed E-state index contributed by atoms with van der Waals surface area (Å²) in [7, 11) is 0. The van der Waals surface area contributed by atoms with Gasteiger partial charge in [0.1, 0.15) is 17.1 Å². The van der Waals surface area contributed by atoms with Crippen molar-refractivity contribution in [1.29, 1.82) is 0 Å². The summed E-state index contributed by atoms with van der Waals surface area (Å²) in [5.41, 5.74) is 2.65. The Morgan fingerprint density at radius 3 is 2.69 bits per heavy atom. The van der Waals surface area contributed by atoms with E-state index in [-0.39, 0.29) is 17.7 Å². The number of aromatic nitrogens is 3. The van der Waals surface area contributed by atoms with Gasteiger partial charge in [0.25, 0.3) is 5.91 Å². The molecule has 8 heteroatoms. The van der Waals surface area contributed by atoms with E-state index in [0.29, 0.717) is 34.2 Å². The van der Waals surface area contributed by atoms with Crippen LogP contribution >= 0.6 is 0 Å². The SMILES string of the molecule is Cc1ccc(C(=O)Nc2cccc(Oc3ccc4nc(NC(=O)C5CC5)cn4c3)c2)cn1. The van der Waals surface area contributed by atoms with Crippen molar-refractivity contribution < 1.29 is 14.3 Å². The molecule has 0 unspecified atom stereocenters. The number of hydrogen-bond acceptors (Lipinski definition) is 5. The Morgan fingerprint density at radius 2 is 1.91 bits per heavy atom. The van der Waals surface area contributed by atoms with Gasteiger partial charge >= 0.3 is 0 Å². The zero-order chi connectivity index (χ0) is 22.1. The lowest BCUT2D eigenvalue weighted by molar-refractivity contribution is -0.117. The maximum absolute atomic E-state index is 12.4. The Kier molecular flexibility index (Phi) is 5.03. The smallest absolute Gasteiger partial charge is 0.257 e. The number of carbonyl (C=O) groups excluding carboxylic acids is 2. The van der Waals surface area contributed by atoms with Gasteiger partial charge in [-0.1, -0.05) is 6.07 Å². The number of aryl methyl sites for hydroxylation is 1. The summed E-state index contributed by atoms with van der Waals surface area (Å²) in [5.74, 6) is 1.59. The van der Waals surface area contributed by atoms with E-state index >= 15 is 0 Å². The summed E-state index contributed by atoms with van der Waals surface area (Å²) < 4.78 is 7.77. The molecule has 0 atom stereocenters. The van der Waals surface area contributed by atoms with Gasteiger partial charge in [0.05, 0.1) is 18.0 Å². The molecule has 0 saturated heterocycles. The highest BCUT2D eigenvalue weighted by Crippen LogP contribution is 2.30. The van der Waals surface area contributed by atoms with E-state index in [4.69, 9.17) is 4.74 Å². The number of hydrogen-bond donors (Lipinski definition) is 2. The first-order valence-corrected chi connectivity index (χ1v) is 10.3. The van der Waals surface area contributed by atoms with Crippen molar-refractivity contribution in [3.05, 3.63) is 78.4 Å². The van der Waals surface area contributed by atoms with Crippen molar-refractivity contribution in [2.45, 2.75) is 19.8 Å². The molecule has 4 aromatic rings. The first-order valence-electron chi connectivity index (χ1n) is 10.3. The van der Waals surface area contributed by atoms with Crippen LogP contribution in [0.15, 0.2) is 67.1 Å². The van der Waals surface area contributed by atoms with E-state index in [2.05, 4.69) is 20.6 Å². The van der Waals surface area contributed by atoms with Gasteiger partial charge in [0, 0.05) is 29.6 Å². The van der Waals surface area contributed by atoms with Gasteiger partial charge in [-0.05, 0) is 56.2 Å². The van der Waals surface area contributed by atoms with Crippen molar-refractivity contribution in [3.8, 4) is 11.5 Å². The number of anilines is 2. The molecule has 8 nitrogen and oxygen atoms in total. The standard InChI is InChI=1S/C24H21N5O3/c1-15-5-6-17(12-25-15)24(31)26-18-3-2-4-19(11-18)32-20-9-10-22-27-21(14-29(22)13-20)28-23(30)16-7-8-16/h2-6,9-14,16H,7-8H2,1H3,(H,26,31)(H,28,30). The predicted molar refractivity (Wildman–Crippen MR) is 120 cm³/mol. The van der Waals surface area contributed by atoms with Crippen LogP contribution in [-0.4, -0.2) is 26.2 Å². The van der Waals surface area contributed by atoms with Gasteiger partial charge in [-0.3, -0.25) is 14.6 Å². The van der Waals surface area contributed by atoms with Crippen molar-refractivity contribution in [2.75, 3.05) is 10.6 Å². The van der Waals surface area contributed by atoms with Crippen molar-refractivity contribution in [2.24, 2.45) is 5.92 Å². The second-order valence-electron chi connectivity index (χ2n) is 7.79. The fraction of sp³-hybridized carbons (Fsp3) is 0.167. The molecule has 1 fully saturated rings. The second-order valence-corrected chi connectivity index (χ2v) is 7.79. The van der Waals surface area contributed by atoms with Crippen LogP contribution in [0.1, 0.15) is 28.9 Å². The summed E-state index contributed by atoms with van der Waals surface area (Å²) in [6.45, 7) is 1.87. The zero-order valence-electron chi connectivity index (χ0n) is 17.4. The van der Waals surface area contributed by atoms with Crippen LogP contribution in [-0.2, 0) is 4.79 Å². The van der Waals surface area contributed by atoms with E-state index in [1.165, 1.54) is 0 Å². The molecule has 32 heavy (non-hydrogen) atoms. The van der Waals surface area contributed by atoms with Gasteiger partial charge in [-0.25, -0.2) is 4.98 Å². The van der Waals surface area contributed by atoms with Crippen LogP contribution in [0.25, 0.3) is 5.65 Å². The molecular weight excluding hydrogens is 406 g/mol. The maximum atomic E-state index is 12.4. The first-order chi connectivity index (χ1) is 15.5. The van der Waals surface area contributed by atoms with Gasteiger partial charge in [0.2, 0.25) is 5.91 Å². The van der Waals surface area contributed by atoms with Gasteiger partial charge < -0.3 is 19.8 Å². The fourth-order valence-corrected chi connectivity index (χ4v) is 3.24. The number of fused-ring (bicyclic) bond motifs is 1. The summed E-state index contributed by atoms with van der Waals surface area (Å²) >= 11 is 0. The molecule has 1 aliphatic rings. The average molecular weight is 427 g/mol. The number of nitrogens with zero attached hydrogens (tertiary/aromatic N) is 3. The van der Waals surface area contributed by atoms with E-state index in [0.717, 1.165) is 18.5 Å². The highest BCUT2D eigenvalue weighted by atomic mass is 16.5. The van der Waals surface area contributed by atoms with Crippen LogP contribution in [0.2, 0.25) is 0 Å². The monoisotopic (exact) mass is 427 g/mol. The molecule has 0 aliphatic heterocycles. The molecular formula is C24H21N5O3. The van der Waals surface area contributed by atoms with Crippen molar-refractivity contribution >= 4 is 29.0 Å². The average Bonchev–Trinajstić information content (AvgIpc) is 3.55. The largest absolute Gasteiger partial charge is 0.456 e. The fourth-order valence-electron chi connectivity index (χ4n) is 3.24. The minimum absolute atomic E-state index is 0.0187. The Morgan fingerprint density at radius 1 is 1.03 bits per heavy atom. The minimum atomic E-state index is -0.241. The lowest BCUT2D eigenvalue weighted by Gasteiger charge is -2.09. The van der Waals surface area contributed by atoms with E-state index < -0.39 is 0 Å². The van der Waals surface area contributed by atoms with Crippen LogP contribution in [0, 0.1) is 12.8 Å². The zero-order valence-corrected chi connectivity index (χ0v) is 17.4. The van der Waals surface area contributed by atoms with Gasteiger partial charge in [0.15, 0.2) is 5.82 Å². The maximum Gasteiger partial charge on any atom is 0.257 e. The van der Waals surface area contributed by atoms with Gasteiger partial charge in [-0.15, -0.1) is 0 Å². The lowest BCUT2D eigenvalue weighted by atomic mass is 10.2. The summed E-state index contributed by atoms with van der Waals surface area (Å²) in [5, 5.41) is 5.70. The number of ether oxygens (including phenoxy) is 1. The van der Waals surface area contributed by atoms with Crippen LogP contribution < -0.4 is 15.4 Å². The van der Waals surface area contributed by atoms with Crippen LogP contribution in [0.3, 0.4) is 0 Å². The van der Waals surface area contributed by atoms with E-state index in [1.807, 2.05) is 19.1 Å². The number of nitrogens with one attached hydrogen (secondary N) is 2. The molecule has 1 saturated carbocycles. The van der Waals surface area contributed by atoms with Crippen molar-refractivity contribution in [1.82, 2.24) is 14.4 Å². The molecule has 5 rings (SSSR count). The van der Waals surface area contributed by atoms with Crippen LogP contribution in [0.4, 0.5) is 11.5 Å². The number of imidazole rings is 1. The Balaban J connectivity index is 1.28. The minimum Gasteiger partial charge on any atom is -0.456 e.